The molecule has 1 saturated heterocycles. The van der Waals surface area contributed by atoms with Crippen molar-refractivity contribution >= 4 is 11.8 Å². The molecule has 1 unspecified atom stereocenters. The van der Waals surface area contributed by atoms with Crippen LogP contribution in [0.2, 0.25) is 0 Å². The minimum Gasteiger partial charge on any atom is -0.402 e. The summed E-state index contributed by atoms with van der Waals surface area (Å²) in [6, 6.07) is 8.73. The number of nitrogens with zero attached hydrogens (tertiary/aromatic N) is 5. The zero-order valence-corrected chi connectivity index (χ0v) is 20.0. The first kappa shape index (κ1) is 23.6. The molecular formula is C25H26F3N7O2. The van der Waals surface area contributed by atoms with E-state index >= 15 is 0 Å². The summed E-state index contributed by atoms with van der Waals surface area (Å²) in [6.45, 7) is 1.82. The molecular weight excluding hydrogens is 487 g/mol. The van der Waals surface area contributed by atoms with Crippen LogP contribution in [-0.2, 0) is 17.5 Å². The molecule has 0 bridgehead atoms. The van der Waals surface area contributed by atoms with E-state index in [1.165, 1.54) is 12.3 Å². The highest BCUT2D eigenvalue weighted by Gasteiger charge is 2.49. The number of nitrogen functional groups attached to an aromatic ring is 1. The number of carbonyl (C=O) groups is 1. The molecule has 194 valence electrons. The summed E-state index contributed by atoms with van der Waals surface area (Å²) in [5, 5.41) is 7.87. The van der Waals surface area contributed by atoms with Gasteiger partial charge >= 0.3 is 12.4 Å². The summed E-state index contributed by atoms with van der Waals surface area (Å²) in [4.78, 5) is 23.5. The number of carbonyl (C=O) groups excluding carboxylic acids is 1. The van der Waals surface area contributed by atoms with E-state index in [4.69, 9.17) is 5.73 Å². The maximum atomic E-state index is 13.3. The van der Waals surface area contributed by atoms with Gasteiger partial charge in [0.15, 0.2) is 11.6 Å². The average Bonchev–Trinajstić information content (AvgIpc) is 3.54. The number of rotatable bonds is 4. The molecule has 0 radical (unpaired) electrons. The largest absolute Gasteiger partial charge is 0.573 e. The Labute approximate surface area is 210 Å². The summed E-state index contributed by atoms with van der Waals surface area (Å²) >= 11 is 0. The van der Waals surface area contributed by atoms with E-state index in [0.29, 0.717) is 30.9 Å². The summed E-state index contributed by atoms with van der Waals surface area (Å²) in [6.07, 6.45) is 2.64. The monoisotopic (exact) mass is 513 g/mol. The number of alkyl halides is 3. The van der Waals surface area contributed by atoms with E-state index in [-0.39, 0.29) is 17.3 Å². The van der Waals surface area contributed by atoms with Gasteiger partial charge in [0.05, 0.1) is 16.9 Å². The van der Waals surface area contributed by atoms with E-state index in [9.17, 15) is 18.0 Å². The van der Waals surface area contributed by atoms with Crippen LogP contribution >= 0.6 is 0 Å². The van der Waals surface area contributed by atoms with Crippen LogP contribution in [0, 0.1) is 0 Å². The minimum atomic E-state index is -4.88. The smallest absolute Gasteiger partial charge is 0.402 e. The van der Waals surface area contributed by atoms with Gasteiger partial charge in [-0.1, -0.05) is 6.07 Å². The predicted octanol–water partition coefficient (Wildman–Crippen LogP) is 3.96. The maximum absolute atomic E-state index is 13.3. The Kier molecular flexibility index (Phi) is 5.32. The van der Waals surface area contributed by atoms with E-state index in [1.807, 2.05) is 33.8 Å². The lowest BCUT2D eigenvalue weighted by molar-refractivity contribution is -0.274. The van der Waals surface area contributed by atoms with Crippen LogP contribution in [0.1, 0.15) is 43.5 Å². The highest BCUT2D eigenvalue weighted by Crippen LogP contribution is 2.45. The molecule has 2 aliphatic heterocycles. The fourth-order valence-corrected chi connectivity index (χ4v) is 5.77. The molecule has 6 rings (SSSR count). The second-order valence-electron chi connectivity index (χ2n) is 10.1. The average molecular weight is 514 g/mol. The number of ether oxygens (including phenoxy) is 1. The van der Waals surface area contributed by atoms with Gasteiger partial charge in [-0.05, 0) is 56.4 Å². The molecule has 2 fully saturated rings. The van der Waals surface area contributed by atoms with Crippen LogP contribution in [-0.4, -0.2) is 50.1 Å². The van der Waals surface area contributed by atoms with Crippen molar-refractivity contribution in [2.75, 3.05) is 18.8 Å². The lowest BCUT2D eigenvalue weighted by atomic mass is 9.74. The van der Waals surface area contributed by atoms with Crippen LogP contribution in [0.15, 0.2) is 42.7 Å². The number of hydrogen-bond acceptors (Lipinski definition) is 6. The van der Waals surface area contributed by atoms with Gasteiger partial charge < -0.3 is 20.7 Å². The van der Waals surface area contributed by atoms with Gasteiger partial charge in [0.25, 0.3) is 0 Å². The zero-order chi connectivity index (χ0) is 25.8. The van der Waals surface area contributed by atoms with Crippen molar-refractivity contribution in [3.8, 4) is 17.0 Å². The third kappa shape index (κ3) is 4.13. The van der Waals surface area contributed by atoms with Crippen molar-refractivity contribution in [2.24, 2.45) is 0 Å². The van der Waals surface area contributed by atoms with Gasteiger partial charge in [-0.15, -0.1) is 13.2 Å². The molecule has 2 amide bonds. The molecule has 1 saturated carbocycles. The van der Waals surface area contributed by atoms with Crippen molar-refractivity contribution in [1.29, 1.82) is 0 Å². The molecule has 1 atom stereocenters. The Bertz CT molecular complexity index is 1340. The number of amides is 2. The number of anilines is 1. The molecule has 5 heterocycles. The lowest BCUT2D eigenvalue weighted by Crippen LogP contribution is -2.55. The fourth-order valence-electron chi connectivity index (χ4n) is 5.77. The van der Waals surface area contributed by atoms with Crippen LogP contribution in [0.4, 0.5) is 23.8 Å². The van der Waals surface area contributed by atoms with Crippen LogP contribution in [0.5, 0.6) is 5.75 Å². The SMILES string of the molecule is Nc1ncc(-c2cc3n(n2)CCC32CCN(C(=O)NC3(c4ccccn4)CCC3)C2)cc1OC(F)(F)F. The van der Waals surface area contributed by atoms with E-state index in [1.54, 1.807) is 6.20 Å². The molecule has 3 N–H and O–H groups in total. The summed E-state index contributed by atoms with van der Waals surface area (Å²) in [5.74, 6) is -0.911. The summed E-state index contributed by atoms with van der Waals surface area (Å²) < 4.78 is 44.1. The molecule has 12 heteroatoms. The van der Waals surface area contributed by atoms with Crippen molar-refractivity contribution in [3.63, 3.8) is 0 Å². The topological polar surface area (TPSA) is 111 Å². The molecule has 37 heavy (non-hydrogen) atoms. The summed E-state index contributed by atoms with van der Waals surface area (Å²) in [5.41, 5.74) is 7.61. The normalized spacial score (nSPS) is 22.1. The van der Waals surface area contributed by atoms with Crippen molar-refractivity contribution < 1.29 is 22.7 Å². The van der Waals surface area contributed by atoms with Gasteiger partial charge in [0.2, 0.25) is 0 Å². The second-order valence-corrected chi connectivity index (χ2v) is 10.1. The predicted molar refractivity (Wildman–Crippen MR) is 127 cm³/mol. The minimum absolute atomic E-state index is 0.0999. The Balaban J connectivity index is 1.20. The summed E-state index contributed by atoms with van der Waals surface area (Å²) in [7, 11) is 0. The van der Waals surface area contributed by atoms with E-state index in [0.717, 1.165) is 43.5 Å². The molecule has 0 aromatic carbocycles. The third-order valence-corrected chi connectivity index (χ3v) is 7.88. The standard InChI is InChI=1S/C25H26F3N7O2/c26-25(27,28)37-18-12-16(14-31-21(18)29)17-13-20-23(8-11-35(20)33-17)7-10-34(15-23)22(36)32-24(5-3-6-24)19-4-1-2-9-30-19/h1-2,4,9,12-14H,3,5-8,10-11,15H2,(H2,29,31)(H,32,36). The Morgan fingerprint density at radius 3 is 2.62 bits per heavy atom. The molecule has 1 aliphatic carbocycles. The molecule has 3 aromatic rings. The number of halogens is 3. The van der Waals surface area contributed by atoms with Gasteiger partial charge in [-0.3, -0.25) is 9.67 Å². The van der Waals surface area contributed by atoms with E-state index in [2.05, 4.69) is 25.1 Å². The van der Waals surface area contributed by atoms with Gasteiger partial charge in [-0.25, -0.2) is 9.78 Å². The third-order valence-electron chi connectivity index (χ3n) is 7.88. The first-order valence-corrected chi connectivity index (χ1v) is 12.3. The van der Waals surface area contributed by atoms with Crippen LogP contribution in [0.25, 0.3) is 11.3 Å². The van der Waals surface area contributed by atoms with Crippen LogP contribution in [0.3, 0.4) is 0 Å². The molecule has 1 spiro atoms. The second kappa shape index (κ2) is 8.35. The highest BCUT2D eigenvalue weighted by atomic mass is 19.4. The van der Waals surface area contributed by atoms with Crippen molar-refractivity contribution in [2.45, 2.75) is 56.0 Å². The van der Waals surface area contributed by atoms with E-state index < -0.39 is 17.7 Å². The Morgan fingerprint density at radius 1 is 1.11 bits per heavy atom. The number of urea groups is 1. The van der Waals surface area contributed by atoms with Gasteiger partial charge in [0.1, 0.15) is 0 Å². The van der Waals surface area contributed by atoms with Crippen LogP contribution < -0.4 is 15.8 Å². The molecule has 3 aromatic heterocycles. The molecule has 9 nitrogen and oxygen atoms in total. The number of pyridine rings is 2. The number of nitrogens with two attached hydrogens (primary N) is 1. The Hall–Kier alpha value is -3.83. The fraction of sp³-hybridized carbons (Fsp3) is 0.440. The maximum Gasteiger partial charge on any atom is 0.573 e. The Morgan fingerprint density at radius 2 is 1.92 bits per heavy atom. The highest BCUT2D eigenvalue weighted by molar-refractivity contribution is 5.76. The number of aromatic nitrogens is 4. The van der Waals surface area contributed by atoms with Crippen molar-refractivity contribution in [3.05, 3.63) is 54.1 Å². The molecule has 3 aliphatic rings. The number of fused-ring (bicyclic) bond motifs is 2. The van der Waals surface area contributed by atoms with Gasteiger partial charge in [0, 0.05) is 48.7 Å². The number of hydrogen-bond donors (Lipinski definition) is 2. The zero-order valence-electron chi connectivity index (χ0n) is 20.0. The quantitative estimate of drug-likeness (QED) is 0.547. The van der Waals surface area contributed by atoms with Crippen molar-refractivity contribution in [1.82, 2.24) is 30.0 Å². The number of likely N-dealkylation sites (tertiary alicyclic amines) is 1. The first-order valence-electron chi connectivity index (χ1n) is 12.3. The van der Waals surface area contributed by atoms with Gasteiger partial charge in [-0.2, -0.15) is 5.10 Å². The number of aryl methyl sites for hydroxylation is 1. The number of nitrogens with one attached hydrogen (secondary N) is 1. The lowest BCUT2D eigenvalue weighted by Gasteiger charge is -2.42. The first-order chi connectivity index (χ1) is 17.7.